The highest BCUT2D eigenvalue weighted by Crippen LogP contribution is 2.39. The summed E-state index contributed by atoms with van der Waals surface area (Å²) < 4.78 is 32.1. The number of carboxylic acids is 2. The number of anilines is 1. The van der Waals surface area contributed by atoms with Crippen LogP contribution in [0.3, 0.4) is 0 Å². The molecule has 0 aliphatic carbocycles. The molecular weight excluding hydrogens is 567 g/mol. The third-order valence-electron chi connectivity index (χ3n) is 5.82. The number of hydrogen-bond donors (Lipinski definition) is 3. The fourth-order valence-electron chi connectivity index (χ4n) is 4.01. The second-order valence-corrected chi connectivity index (χ2v) is 10.2. The van der Waals surface area contributed by atoms with Crippen molar-refractivity contribution in [2.75, 3.05) is 11.9 Å². The molecule has 0 saturated carbocycles. The number of amides is 1. The van der Waals surface area contributed by atoms with E-state index in [0.29, 0.717) is 0 Å². The molecule has 5 aromatic rings. The maximum absolute atomic E-state index is 15.0. The number of carbonyl (C=O) groups is 3. The molecule has 0 radical (unpaired) electrons. The first kappa shape index (κ1) is 28.7. The van der Waals surface area contributed by atoms with Crippen molar-refractivity contribution in [3.05, 3.63) is 66.0 Å². The van der Waals surface area contributed by atoms with E-state index in [1.165, 1.54) is 37.6 Å². The summed E-state index contributed by atoms with van der Waals surface area (Å²) in [5, 5.41) is 19.1. The van der Waals surface area contributed by atoms with Gasteiger partial charge in [-0.1, -0.05) is 0 Å². The smallest absolute Gasteiger partial charge is 0.414 e. The van der Waals surface area contributed by atoms with Crippen LogP contribution in [0.25, 0.3) is 21.9 Å². The monoisotopic (exact) mass is 590 g/mol. The number of carbonyl (C=O) groups excluding carboxylic acids is 1. The number of aromatic amines is 1. The van der Waals surface area contributed by atoms with Gasteiger partial charge in [-0.2, -0.15) is 9.97 Å². The minimum Gasteiger partial charge on any atom is -0.478 e. The zero-order valence-corrected chi connectivity index (χ0v) is 23.1. The number of benzene rings is 1. The Morgan fingerprint density at radius 3 is 2.07 bits per heavy atom. The number of pyridine rings is 2. The molecule has 0 unspecified atom stereocenters. The molecule has 0 fully saturated rings. The van der Waals surface area contributed by atoms with Gasteiger partial charge in [0.15, 0.2) is 0 Å². The van der Waals surface area contributed by atoms with Gasteiger partial charge < -0.3 is 29.4 Å². The van der Waals surface area contributed by atoms with Crippen molar-refractivity contribution in [3.8, 4) is 23.4 Å². The predicted molar refractivity (Wildman–Crippen MR) is 149 cm³/mol. The number of carboxylic acid groups (broad SMARTS) is 2. The lowest BCUT2D eigenvalue weighted by Gasteiger charge is -2.25. The highest BCUT2D eigenvalue weighted by Gasteiger charge is 2.26. The number of rotatable bonds is 7. The normalized spacial score (nSPS) is 11.4. The molecule has 0 atom stereocenters. The predicted octanol–water partition coefficient (Wildman–Crippen LogP) is 5.39. The van der Waals surface area contributed by atoms with Gasteiger partial charge >= 0.3 is 24.0 Å². The molecule has 1 aromatic carbocycles. The minimum absolute atomic E-state index is 0.00718. The molecule has 5 rings (SSSR count). The van der Waals surface area contributed by atoms with Crippen LogP contribution in [0.15, 0.2) is 49.1 Å². The van der Waals surface area contributed by atoms with Crippen molar-refractivity contribution < 1.29 is 43.2 Å². The van der Waals surface area contributed by atoms with Crippen LogP contribution in [0.1, 0.15) is 41.5 Å². The van der Waals surface area contributed by atoms with E-state index >= 15 is 4.39 Å². The van der Waals surface area contributed by atoms with Gasteiger partial charge in [0.05, 0.1) is 40.1 Å². The summed E-state index contributed by atoms with van der Waals surface area (Å²) in [6, 6.07) is 4.42. The van der Waals surface area contributed by atoms with E-state index in [0.717, 1.165) is 23.4 Å². The van der Waals surface area contributed by atoms with Crippen LogP contribution in [-0.4, -0.2) is 65.8 Å². The molecular formula is C28H23FN6O8. The molecule has 220 valence electrons. The van der Waals surface area contributed by atoms with E-state index < -0.39 is 29.5 Å². The summed E-state index contributed by atoms with van der Waals surface area (Å²) in [7, 11) is 1.41. The van der Waals surface area contributed by atoms with Crippen LogP contribution < -0.4 is 14.4 Å². The number of ether oxygens (including phenoxy) is 3. The zero-order valence-electron chi connectivity index (χ0n) is 23.1. The SMILES string of the molecule is CN(C(=O)OC(C)(C)C)c1cc(F)cc2c1[nH]c1nc(Oc3cncc(C(=O)O)c3)nc(Oc3cncc(C(=O)O)c3)c12. The van der Waals surface area contributed by atoms with E-state index in [4.69, 9.17) is 14.2 Å². The van der Waals surface area contributed by atoms with Crippen LogP contribution >= 0.6 is 0 Å². The van der Waals surface area contributed by atoms with Crippen LogP contribution in [-0.2, 0) is 4.74 Å². The lowest BCUT2D eigenvalue weighted by molar-refractivity contribution is 0.0587. The Hall–Kier alpha value is -5.86. The molecule has 0 aliphatic heterocycles. The van der Waals surface area contributed by atoms with E-state index in [9.17, 15) is 24.6 Å². The highest BCUT2D eigenvalue weighted by molar-refractivity contribution is 6.14. The van der Waals surface area contributed by atoms with Gasteiger partial charge in [0, 0.05) is 24.8 Å². The van der Waals surface area contributed by atoms with Crippen LogP contribution in [0.2, 0.25) is 0 Å². The first-order valence-corrected chi connectivity index (χ1v) is 12.5. The second kappa shape index (κ2) is 10.8. The van der Waals surface area contributed by atoms with Crippen LogP contribution in [0, 0.1) is 5.82 Å². The number of aromatic nitrogens is 5. The van der Waals surface area contributed by atoms with Crippen molar-refractivity contribution in [1.29, 1.82) is 0 Å². The first-order valence-electron chi connectivity index (χ1n) is 12.5. The number of hydrogen-bond acceptors (Lipinski definition) is 10. The Balaban J connectivity index is 1.69. The summed E-state index contributed by atoms with van der Waals surface area (Å²) in [5.74, 6) is -3.39. The number of fused-ring (bicyclic) bond motifs is 3. The van der Waals surface area contributed by atoms with Gasteiger partial charge in [0.2, 0.25) is 5.88 Å². The fraction of sp³-hybridized carbons (Fsp3) is 0.179. The molecule has 43 heavy (non-hydrogen) atoms. The topological polar surface area (TPSA) is 190 Å². The third kappa shape index (κ3) is 6.09. The number of nitrogens with zero attached hydrogens (tertiary/aromatic N) is 5. The third-order valence-corrected chi connectivity index (χ3v) is 5.82. The lowest BCUT2D eigenvalue weighted by atomic mass is 10.1. The Kier molecular flexibility index (Phi) is 7.23. The maximum Gasteiger partial charge on any atom is 0.414 e. The van der Waals surface area contributed by atoms with Crippen LogP contribution in [0.5, 0.6) is 23.4 Å². The molecule has 3 N–H and O–H groups in total. The summed E-state index contributed by atoms with van der Waals surface area (Å²) in [4.78, 5) is 56.3. The summed E-state index contributed by atoms with van der Waals surface area (Å²) in [6.45, 7) is 5.08. The molecule has 4 heterocycles. The molecule has 0 saturated heterocycles. The second-order valence-electron chi connectivity index (χ2n) is 10.2. The highest BCUT2D eigenvalue weighted by atomic mass is 19.1. The average molecular weight is 591 g/mol. The van der Waals surface area contributed by atoms with Crippen molar-refractivity contribution in [2.45, 2.75) is 26.4 Å². The van der Waals surface area contributed by atoms with Crippen molar-refractivity contribution in [1.82, 2.24) is 24.9 Å². The Labute approximate surface area is 241 Å². The van der Waals surface area contributed by atoms with Gasteiger partial charge in [0.25, 0.3) is 0 Å². The summed E-state index contributed by atoms with van der Waals surface area (Å²) >= 11 is 0. The standard InChI is InChI=1S/C28H23FN6O8/c1-28(2,3)43-27(40)35(4)19-8-15(29)7-18-20-22(32-21(18)19)33-26(42-17-6-14(25(38)39)10-31-12-17)34-23(20)41-16-5-13(24(36)37)9-30-11-16/h5-12H,1-4H3,(H,36,37)(H,38,39)(H,32,33,34). The largest absolute Gasteiger partial charge is 0.478 e. The Bertz CT molecular complexity index is 1920. The molecule has 0 bridgehead atoms. The Morgan fingerprint density at radius 1 is 0.884 bits per heavy atom. The summed E-state index contributed by atoms with van der Waals surface area (Å²) in [6.07, 6.45) is 4.01. The van der Waals surface area contributed by atoms with Crippen LogP contribution in [0.4, 0.5) is 14.9 Å². The number of aromatic carboxylic acids is 2. The molecule has 14 nitrogen and oxygen atoms in total. The fourth-order valence-corrected chi connectivity index (χ4v) is 4.01. The lowest BCUT2D eigenvalue weighted by Crippen LogP contribution is -2.34. The van der Waals surface area contributed by atoms with Gasteiger partial charge in [-0.3, -0.25) is 14.9 Å². The van der Waals surface area contributed by atoms with Gasteiger partial charge in [-0.15, -0.1) is 0 Å². The van der Waals surface area contributed by atoms with Gasteiger partial charge in [-0.25, -0.2) is 18.8 Å². The first-order chi connectivity index (χ1) is 20.3. The van der Waals surface area contributed by atoms with E-state index in [1.807, 2.05) is 0 Å². The van der Waals surface area contributed by atoms with Crippen molar-refractivity contribution in [2.24, 2.45) is 0 Å². The maximum atomic E-state index is 15.0. The molecule has 1 amide bonds. The van der Waals surface area contributed by atoms with E-state index in [-0.39, 0.29) is 62.1 Å². The van der Waals surface area contributed by atoms with Gasteiger partial charge in [-0.05, 0) is 45.0 Å². The van der Waals surface area contributed by atoms with Crippen molar-refractivity contribution in [3.63, 3.8) is 0 Å². The number of H-pyrrole nitrogens is 1. The molecule has 4 aromatic heterocycles. The van der Waals surface area contributed by atoms with Crippen molar-refractivity contribution >= 4 is 45.7 Å². The number of nitrogens with one attached hydrogen (secondary N) is 1. The van der Waals surface area contributed by atoms with E-state index in [2.05, 4.69) is 24.9 Å². The molecule has 15 heteroatoms. The Morgan fingerprint density at radius 2 is 1.49 bits per heavy atom. The molecule has 0 spiro atoms. The van der Waals surface area contributed by atoms with E-state index in [1.54, 1.807) is 20.8 Å². The summed E-state index contributed by atoms with van der Waals surface area (Å²) in [5.41, 5.74) is -0.659. The molecule has 0 aliphatic rings. The zero-order chi connectivity index (χ0) is 31.1. The quantitative estimate of drug-likeness (QED) is 0.219. The average Bonchev–Trinajstić information content (AvgIpc) is 3.30. The van der Waals surface area contributed by atoms with Gasteiger partial charge in [0.1, 0.15) is 28.6 Å². The number of halogens is 1. The minimum atomic E-state index is -1.25.